The fraction of sp³-hybridized carbons (Fsp3) is 1.00. The fourth-order valence-electron chi connectivity index (χ4n) is 0.755. The van der Waals surface area contributed by atoms with Gasteiger partial charge < -0.3 is 4.18 Å². The minimum Gasteiger partial charge on any atom is -0.305 e. The van der Waals surface area contributed by atoms with Crippen LogP contribution >= 0.6 is 631 Å². The summed E-state index contributed by atoms with van der Waals surface area (Å²) in [6, 6.07) is 0. The van der Waals surface area contributed by atoms with Gasteiger partial charge in [0.1, 0.15) is 0 Å². The van der Waals surface area contributed by atoms with E-state index in [0.717, 1.165) is 0 Å². The van der Waals surface area contributed by atoms with Crippen LogP contribution in [-0.2, 0) is 33.0 Å². The molecule has 0 fully saturated rings. The molecule has 0 aliphatic heterocycles. The second-order valence-electron chi connectivity index (χ2n) is 4.87. The van der Waals surface area contributed by atoms with Gasteiger partial charge in [-0.1, -0.05) is 11.7 Å². The summed E-state index contributed by atoms with van der Waals surface area (Å²) in [6.45, 7) is -1.80. The van der Waals surface area contributed by atoms with Crippen molar-refractivity contribution in [3.63, 3.8) is 0 Å². The summed E-state index contributed by atoms with van der Waals surface area (Å²) >= 11 is 14.4. The van der Waals surface area contributed by atoms with E-state index in [9.17, 15) is 0 Å². The zero-order chi connectivity index (χ0) is 49.8. The maximum Gasteiger partial charge on any atom is 0.0817 e. The SMILES string of the molecule is COS(=S)(=S)SSSSSSSSSSSSSSSSSSSSSSSSSSSSSSSSSSSSSSSSSSSSSSSSSSSSSSSSSSSSSSSS. The summed E-state index contributed by atoms with van der Waals surface area (Å²) in [7, 11) is 115. The van der Waals surface area contributed by atoms with Crippen LogP contribution in [0.25, 0.3) is 0 Å². The van der Waals surface area contributed by atoms with Gasteiger partial charge in [-0.25, -0.2) is 0 Å². The third kappa shape index (κ3) is 87.2. The van der Waals surface area contributed by atoms with Crippen LogP contribution in [0.5, 0.6) is 0 Å². The third-order valence-corrected chi connectivity index (χ3v) is 147. The van der Waals surface area contributed by atoms with E-state index in [1.54, 1.807) is 154 Å². The summed E-state index contributed by atoms with van der Waals surface area (Å²) in [6.07, 6.45) is 0. The number of rotatable bonds is 64. The zero-order valence-corrected chi connectivity index (χ0v) is 83.6. The molecule has 0 N–H and O–H groups in total. The molecule has 0 atom stereocenters. The first-order valence-corrected chi connectivity index (χ1v) is 100. The minimum atomic E-state index is -1.80. The molecular formula is CH4OS67. The van der Waals surface area contributed by atoms with Crippen LogP contribution in [0.3, 0.4) is 0 Å². The average molecular weight is 2180 g/mol. The molecule has 0 aliphatic rings. The third-order valence-electron chi connectivity index (χ3n) is 2.01. The molecule has 0 radical (unpaired) electrons. The van der Waals surface area contributed by atoms with Gasteiger partial charge in [-0.2, -0.15) is 0 Å². The Bertz CT molecular complexity index is 985. The predicted molar refractivity (Wildman–Crippen MR) is 516 cm³/mol. The molecule has 68 heteroatoms. The maximum absolute atomic E-state index is 5.17. The van der Waals surface area contributed by atoms with Crippen molar-refractivity contribution in [1.82, 2.24) is 0 Å². The lowest BCUT2D eigenvalue weighted by Crippen LogP contribution is -1.87. The van der Waals surface area contributed by atoms with E-state index in [1.165, 1.54) is 19.7 Å². The highest BCUT2D eigenvalue weighted by molar-refractivity contribution is 9.65. The molecule has 0 saturated carbocycles. The molecule has 0 rings (SSSR count). The van der Waals surface area contributed by atoms with E-state index in [-0.39, 0.29) is 0 Å². The van der Waals surface area contributed by atoms with Crippen molar-refractivity contribution < 1.29 is 4.18 Å². The largest absolute Gasteiger partial charge is 0.305 e. The van der Waals surface area contributed by atoms with E-state index in [0.29, 0.717) is 0 Å². The smallest absolute Gasteiger partial charge is 0.0817 e. The van der Waals surface area contributed by atoms with Gasteiger partial charge >= 0.3 is 0 Å². The minimum absolute atomic E-state index is 1.46. The van der Waals surface area contributed by atoms with Crippen LogP contribution in [0.4, 0.5) is 0 Å². The van der Waals surface area contributed by atoms with Gasteiger partial charge in [0.15, 0.2) is 0 Å². The Labute approximate surface area is 652 Å². The lowest BCUT2D eigenvalue weighted by Gasteiger charge is -2.03. The van der Waals surface area contributed by atoms with Crippen LogP contribution in [-0.4, -0.2) is 7.11 Å². The maximum atomic E-state index is 5.17. The molecule has 0 spiro atoms. The molecule has 0 amide bonds. The van der Waals surface area contributed by atoms with Gasteiger partial charge in [0.2, 0.25) is 0 Å². The molecule has 0 unspecified atom stereocenters. The van der Waals surface area contributed by atoms with E-state index < -0.39 is 6.46 Å². The summed E-state index contributed by atoms with van der Waals surface area (Å²) in [5.74, 6) is 0. The molecule has 416 valence electrons. The van der Waals surface area contributed by atoms with Gasteiger partial charge in [0.05, 0.1) is 13.6 Å². The zero-order valence-electron chi connectivity index (χ0n) is 28.8. The molecule has 0 aliphatic carbocycles. The van der Waals surface area contributed by atoms with E-state index >= 15 is 0 Å². The van der Waals surface area contributed by atoms with Crippen LogP contribution < -0.4 is 0 Å². The van der Waals surface area contributed by atoms with Crippen LogP contribution in [0.15, 0.2) is 0 Å². The number of hydrogen-bond acceptors (Lipinski definition) is 67. The monoisotopic (exact) mass is 2170 g/mol. The highest BCUT2D eigenvalue weighted by Gasteiger charge is 2.07. The second-order valence-corrected chi connectivity index (χ2v) is 124. The van der Waals surface area contributed by atoms with Gasteiger partial charge in [-0.05, 0) is 101 Å². The van der Waals surface area contributed by atoms with Crippen molar-refractivity contribution in [3.8, 4) is 0 Å². The van der Waals surface area contributed by atoms with Crippen molar-refractivity contribution in [2.45, 2.75) is 0 Å². The highest BCUT2D eigenvalue weighted by Crippen LogP contribution is 2.70. The average Bonchev–Trinajstić information content (AvgIpc) is 3.35. The van der Waals surface area contributed by atoms with Gasteiger partial charge in [0, 0.05) is 540 Å². The molecule has 69 heavy (non-hydrogen) atoms. The Hall–Kier alpha value is 23.2. The molecular weight excluding hydrogens is 2180 g/mol. The Balaban J connectivity index is 3.09. The van der Waals surface area contributed by atoms with Crippen LogP contribution in [0.1, 0.15) is 0 Å². The van der Waals surface area contributed by atoms with Crippen LogP contribution in [0, 0.1) is 0 Å². The van der Waals surface area contributed by atoms with Crippen molar-refractivity contribution in [1.29, 1.82) is 0 Å². The molecule has 1 nitrogen and oxygen atoms in total. The Morgan fingerprint density at radius 1 is 0.203 bits per heavy atom. The molecule has 0 aromatic heterocycles. The molecule has 0 saturated heterocycles. The molecule has 0 bridgehead atoms. The summed E-state index contributed by atoms with van der Waals surface area (Å²) in [4.78, 5) is 0. The van der Waals surface area contributed by atoms with Gasteiger partial charge in [0.25, 0.3) is 0 Å². The Morgan fingerprint density at radius 2 is 0.304 bits per heavy atom. The lowest BCUT2D eigenvalue weighted by molar-refractivity contribution is 0.491. The van der Waals surface area contributed by atoms with Crippen molar-refractivity contribution in [3.05, 3.63) is 0 Å². The quantitative estimate of drug-likeness (QED) is 0.0352. The van der Waals surface area contributed by atoms with Crippen LogP contribution in [0.2, 0.25) is 0 Å². The number of thiol groups is 1. The summed E-state index contributed by atoms with van der Waals surface area (Å²) in [5.41, 5.74) is 0. The van der Waals surface area contributed by atoms with E-state index in [2.05, 4.69) is 11.7 Å². The molecule has 0 heterocycles. The Kier molecular flexibility index (Phi) is 114. The van der Waals surface area contributed by atoms with Gasteiger partial charge in [-0.3, -0.25) is 0 Å². The first-order chi connectivity index (χ1) is 34.1. The van der Waals surface area contributed by atoms with Crippen molar-refractivity contribution in [2.75, 3.05) is 7.11 Å². The molecule has 0 aromatic rings. The number of hydrogen-bond donors (Lipinski definition) is 1. The van der Waals surface area contributed by atoms with Crippen molar-refractivity contribution in [2.24, 2.45) is 0 Å². The Morgan fingerprint density at radius 3 is 0.406 bits per heavy atom. The first-order valence-electron chi connectivity index (χ1n) is 11.6. The first kappa shape index (κ1) is 92.2. The van der Waals surface area contributed by atoms with E-state index in [4.69, 9.17) is 26.6 Å². The van der Waals surface area contributed by atoms with Gasteiger partial charge in [-0.15, -0.1) is 0 Å². The molecule has 0 aromatic carbocycles. The summed E-state index contributed by atoms with van der Waals surface area (Å²) < 4.78 is 5.12. The summed E-state index contributed by atoms with van der Waals surface area (Å²) in [5, 5.41) is 0. The van der Waals surface area contributed by atoms with E-state index in [1.807, 2.05) is 452 Å². The highest BCUT2D eigenvalue weighted by atomic mass is 34.1. The van der Waals surface area contributed by atoms with Crippen molar-refractivity contribution >= 4 is 660 Å². The second kappa shape index (κ2) is 85.4. The lowest BCUT2D eigenvalue weighted by atomic mass is 11.8. The topological polar surface area (TPSA) is 9.23 Å². The normalized spacial score (nSPS) is 12.0. The standard InChI is InChI=1S/CH4OS67/c1-2-69(4,5)68-67-66-65-64-63-62-61-60-59-58-57-56-55-54-53-52-51-50-49-48-47-46-45-44-43-42-41-40-39-38-37-36-35-34-33-32-31-30-29-28-27-26-25-24-23-22-21-20-19-18-17-16-15-14-13-12-11-10-9-8-7-6-3/h3H,1H3. The fourth-order valence-corrected chi connectivity index (χ4v) is 176. The predicted octanol–water partition coefficient (Wildman–Crippen LogP) is 41.3.